The summed E-state index contributed by atoms with van der Waals surface area (Å²) in [6.45, 7) is 2.99. The summed E-state index contributed by atoms with van der Waals surface area (Å²) in [7, 11) is 0. The highest BCUT2D eigenvalue weighted by molar-refractivity contribution is 6.31. The Hall–Kier alpha value is -2.40. The molecule has 2 N–H and O–H groups in total. The fraction of sp³-hybridized carbons (Fsp3) is 0.316. The molecule has 2 aromatic rings. The minimum absolute atomic E-state index is 0.238. The Morgan fingerprint density at radius 3 is 2.64 bits per heavy atom. The van der Waals surface area contributed by atoms with Crippen LogP contribution in [-0.2, 0) is 5.54 Å². The van der Waals surface area contributed by atoms with Crippen molar-refractivity contribution in [2.75, 3.05) is 18.5 Å². The van der Waals surface area contributed by atoms with Crippen molar-refractivity contribution in [3.05, 3.63) is 52.5 Å². The average Bonchev–Trinajstić information content (AvgIpc) is 3.39. The molecule has 0 atom stereocenters. The van der Waals surface area contributed by atoms with E-state index < -0.39 is 0 Å². The molecule has 6 heteroatoms. The van der Waals surface area contributed by atoms with Gasteiger partial charge in [0.05, 0.1) is 5.54 Å². The van der Waals surface area contributed by atoms with E-state index in [2.05, 4.69) is 10.6 Å². The number of amides is 2. The van der Waals surface area contributed by atoms with Crippen LogP contribution >= 0.6 is 11.6 Å². The summed E-state index contributed by atoms with van der Waals surface area (Å²) < 4.78 is 11.2. The quantitative estimate of drug-likeness (QED) is 0.863. The molecule has 1 heterocycles. The summed E-state index contributed by atoms with van der Waals surface area (Å²) in [5.41, 5.74) is 2.26. The SMILES string of the molecule is Cc1c(Cl)cccc1NC(=O)NC1(c2ccc3c(c2)OCCO3)CC1. The zero-order valence-corrected chi connectivity index (χ0v) is 14.7. The molecular formula is C19H19ClN2O3. The molecule has 130 valence electrons. The maximum absolute atomic E-state index is 12.5. The second-order valence-corrected chi connectivity index (χ2v) is 6.84. The molecule has 1 fully saturated rings. The zero-order valence-electron chi connectivity index (χ0n) is 13.9. The maximum atomic E-state index is 12.5. The normalized spacial score (nSPS) is 16.9. The van der Waals surface area contributed by atoms with Crippen molar-refractivity contribution in [1.82, 2.24) is 5.32 Å². The van der Waals surface area contributed by atoms with Crippen molar-refractivity contribution in [3.63, 3.8) is 0 Å². The number of hydrogen-bond acceptors (Lipinski definition) is 3. The summed E-state index contributed by atoms with van der Waals surface area (Å²) in [6, 6.07) is 11.1. The lowest BCUT2D eigenvalue weighted by molar-refractivity contribution is 0.171. The summed E-state index contributed by atoms with van der Waals surface area (Å²) in [6.07, 6.45) is 1.79. The number of carbonyl (C=O) groups is 1. The van der Waals surface area contributed by atoms with Crippen LogP contribution in [0.3, 0.4) is 0 Å². The third-order valence-electron chi connectivity index (χ3n) is 4.71. The van der Waals surface area contributed by atoms with E-state index >= 15 is 0 Å². The lowest BCUT2D eigenvalue weighted by atomic mass is 10.0. The van der Waals surface area contributed by atoms with Gasteiger partial charge in [-0.2, -0.15) is 0 Å². The molecule has 2 aromatic carbocycles. The van der Waals surface area contributed by atoms with Gasteiger partial charge in [0.25, 0.3) is 0 Å². The number of hydrogen-bond donors (Lipinski definition) is 2. The summed E-state index contributed by atoms with van der Waals surface area (Å²) in [4.78, 5) is 12.5. The van der Waals surface area contributed by atoms with E-state index in [0.717, 1.165) is 35.5 Å². The van der Waals surface area contributed by atoms with Crippen molar-refractivity contribution in [2.45, 2.75) is 25.3 Å². The van der Waals surface area contributed by atoms with Crippen molar-refractivity contribution in [3.8, 4) is 11.5 Å². The van der Waals surface area contributed by atoms with Crippen LogP contribution in [0.5, 0.6) is 11.5 Å². The minimum Gasteiger partial charge on any atom is -0.486 e. The van der Waals surface area contributed by atoms with E-state index in [0.29, 0.717) is 23.9 Å². The molecule has 25 heavy (non-hydrogen) atoms. The molecule has 1 aliphatic carbocycles. The van der Waals surface area contributed by atoms with E-state index in [-0.39, 0.29) is 11.6 Å². The summed E-state index contributed by atoms with van der Waals surface area (Å²) >= 11 is 6.11. The summed E-state index contributed by atoms with van der Waals surface area (Å²) in [5.74, 6) is 1.49. The largest absolute Gasteiger partial charge is 0.486 e. The van der Waals surface area contributed by atoms with Crippen LogP contribution in [0, 0.1) is 6.92 Å². The van der Waals surface area contributed by atoms with Gasteiger partial charge in [-0.05, 0) is 55.2 Å². The van der Waals surface area contributed by atoms with Gasteiger partial charge in [-0.25, -0.2) is 4.79 Å². The van der Waals surface area contributed by atoms with Gasteiger partial charge >= 0.3 is 6.03 Å². The van der Waals surface area contributed by atoms with Gasteiger partial charge < -0.3 is 20.1 Å². The number of benzene rings is 2. The second-order valence-electron chi connectivity index (χ2n) is 6.43. The molecule has 2 aliphatic rings. The van der Waals surface area contributed by atoms with Crippen LogP contribution in [0.1, 0.15) is 24.0 Å². The average molecular weight is 359 g/mol. The Morgan fingerprint density at radius 1 is 1.12 bits per heavy atom. The first-order chi connectivity index (χ1) is 12.1. The van der Waals surface area contributed by atoms with E-state index in [1.807, 2.05) is 37.3 Å². The first-order valence-corrected chi connectivity index (χ1v) is 8.70. The third kappa shape index (κ3) is 3.12. The first kappa shape index (κ1) is 16.1. The molecule has 1 saturated carbocycles. The van der Waals surface area contributed by atoms with Gasteiger partial charge in [0.2, 0.25) is 0 Å². The number of carbonyl (C=O) groups excluding carboxylic acids is 1. The Balaban J connectivity index is 1.50. The van der Waals surface area contributed by atoms with E-state index in [1.165, 1.54) is 0 Å². The van der Waals surface area contributed by atoms with Crippen LogP contribution in [0.25, 0.3) is 0 Å². The molecule has 0 bridgehead atoms. The van der Waals surface area contributed by atoms with Crippen LogP contribution < -0.4 is 20.1 Å². The predicted octanol–water partition coefficient (Wildman–Crippen LogP) is 4.23. The molecule has 0 aromatic heterocycles. The predicted molar refractivity (Wildman–Crippen MR) is 96.7 cm³/mol. The number of ether oxygens (including phenoxy) is 2. The monoisotopic (exact) mass is 358 g/mol. The summed E-state index contributed by atoms with van der Waals surface area (Å²) in [5, 5.41) is 6.62. The number of fused-ring (bicyclic) bond motifs is 1. The topological polar surface area (TPSA) is 59.6 Å². The van der Waals surface area contributed by atoms with Crippen molar-refractivity contribution >= 4 is 23.3 Å². The molecule has 4 rings (SSSR count). The molecule has 0 saturated heterocycles. The number of halogens is 1. The van der Waals surface area contributed by atoms with Gasteiger partial charge in [-0.15, -0.1) is 0 Å². The Kier molecular flexibility index (Phi) is 3.96. The molecule has 1 aliphatic heterocycles. The number of anilines is 1. The van der Waals surface area contributed by atoms with Crippen molar-refractivity contribution in [2.24, 2.45) is 0 Å². The molecule has 2 amide bonds. The molecule has 0 spiro atoms. The Labute approximate surface area is 151 Å². The fourth-order valence-corrected chi connectivity index (χ4v) is 3.24. The van der Waals surface area contributed by atoms with Gasteiger partial charge in [-0.3, -0.25) is 0 Å². The van der Waals surface area contributed by atoms with E-state index in [4.69, 9.17) is 21.1 Å². The number of rotatable bonds is 3. The van der Waals surface area contributed by atoms with Crippen molar-refractivity contribution in [1.29, 1.82) is 0 Å². The highest BCUT2D eigenvalue weighted by atomic mass is 35.5. The van der Waals surface area contributed by atoms with Crippen LogP contribution in [0.2, 0.25) is 5.02 Å². The van der Waals surface area contributed by atoms with Crippen molar-refractivity contribution < 1.29 is 14.3 Å². The zero-order chi connectivity index (χ0) is 17.4. The standard InChI is InChI=1S/C19H19ClN2O3/c1-12-14(20)3-2-4-15(12)21-18(23)22-19(7-8-19)13-5-6-16-17(11-13)25-10-9-24-16/h2-6,11H,7-10H2,1H3,(H2,21,22,23). The Bertz CT molecular complexity index is 833. The number of urea groups is 1. The van der Waals surface area contributed by atoms with E-state index in [9.17, 15) is 4.79 Å². The lowest BCUT2D eigenvalue weighted by Crippen LogP contribution is -2.38. The fourth-order valence-electron chi connectivity index (χ4n) is 3.07. The lowest BCUT2D eigenvalue weighted by Gasteiger charge is -2.23. The first-order valence-electron chi connectivity index (χ1n) is 8.32. The Morgan fingerprint density at radius 2 is 1.88 bits per heavy atom. The molecule has 0 radical (unpaired) electrons. The third-order valence-corrected chi connectivity index (χ3v) is 5.12. The maximum Gasteiger partial charge on any atom is 0.319 e. The second kappa shape index (κ2) is 6.15. The van der Waals surface area contributed by atoms with Crippen LogP contribution in [0.15, 0.2) is 36.4 Å². The minimum atomic E-state index is -0.341. The highest BCUT2D eigenvalue weighted by Crippen LogP contribution is 2.47. The smallest absolute Gasteiger partial charge is 0.319 e. The molecular weight excluding hydrogens is 340 g/mol. The van der Waals surface area contributed by atoms with Gasteiger partial charge in [0.1, 0.15) is 13.2 Å². The van der Waals surface area contributed by atoms with Crippen LogP contribution in [-0.4, -0.2) is 19.2 Å². The number of nitrogens with one attached hydrogen (secondary N) is 2. The van der Waals surface area contributed by atoms with E-state index in [1.54, 1.807) is 6.07 Å². The van der Waals surface area contributed by atoms with Gasteiger partial charge in [-0.1, -0.05) is 23.7 Å². The highest BCUT2D eigenvalue weighted by Gasteiger charge is 2.46. The van der Waals surface area contributed by atoms with Crippen LogP contribution in [0.4, 0.5) is 10.5 Å². The molecule has 0 unspecified atom stereocenters. The van der Waals surface area contributed by atoms with Gasteiger partial charge in [0.15, 0.2) is 11.5 Å². The van der Waals surface area contributed by atoms with Gasteiger partial charge in [0, 0.05) is 10.7 Å². The molecule has 5 nitrogen and oxygen atoms in total.